The average Bonchev–Trinajstić information content (AvgIpc) is 3.73. The van der Waals surface area contributed by atoms with Gasteiger partial charge in [0, 0.05) is 11.8 Å². The highest BCUT2D eigenvalue weighted by Crippen LogP contribution is 2.57. The van der Waals surface area contributed by atoms with Crippen LogP contribution >= 0.6 is 0 Å². The van der Waals surface area contributed by atoms with Crippen LogP contribution < -0.4 is 0 Å². The van der Waals surface area contributed by atoms with Gasteiger partial charge in [-0.2, -0.15) is 0 Å². The molecule has 0 heterocycles. The minimum absolute atomic E-state index is 0.103. The zero-order chi connectivity index (χ0) is 26.6. The summed E-state index contributed by atoms with van der Waals surface area (Å²) < 4.78 is 0. The first-order valence-electron chi connectivity index (χ1n) is 13.5. The molecule has 0 heteroatoms. The maximum atomic E-state index is 4.00. The van der Waals surface area contributed by atoms with E-state index in [2.05, 4.69) is 126 Å². The number of hydrogen-bond acceptors (Lipinski definition) is 0. The summed E-state index contributed by atoms with van der Waals surface area (Å²) in [6.07, 6.45) is 11.8. The molecule has 188 valence electrons. The van der Waals surface area contributed by atoms with Crippen molar-refractivity contribution in [2.75, 3.05) is 0 Å². The summed E-state index contributed by atoms with van der Waals surface area (Å²) in [4.78, 5) is 0. The number of hydrogen-bond donors (Lipinski definition) is 0. The molecule has 3 aromatic carbocycles. The summed E-state index contributed by atoms with van der Waals surface area (Å²) >= 11 is 0. The highest BCUT2D eigenvalue weighted by Gasteiger charge is 2.47. The van der Waals surface area contributed by atoms with Crippen molar-refractivity contribution in [3.63, 3.8) is 0 Å². The van der Waals surface area contributed by atoms with Gasteiger partial charge in [0.25, 0.3) is 0 Å². The van der Waals surface area contributed by atoms with Crippen molar-refractivity contribution >= 4 is 22.4 Å². The van der Waals surface area contributed by atoms with Crippen LogP contribution in [-0.2, 0) is 19.3 Å². The van der Waals surface area contributed by atoms with Crippen LogP contribution in [0.1, 0.15) is 73.9 Å². The van der Waals surface area contributed by atoms with Crippen LogP contribution in [0.3, 0.4) is 0 Å². The van der Waals surface area contributed by atoms with Gasteiger partial charge in [0.1, 0.15) is 0 Å². The third-order valence-electron chi connectivity index (χ3n) is 8.31. The first-order chi connectivity index (χ1) is 17.9. The summed E-state index contributed by atoms with van der Waals surface area (Å²) in [5.74, 6) is 0. The van der Waals surface area contributed by atoms with Gasteiger partial charge in [-0.25, -0.2) is 0 Å². The molecule has 0 aromatic heterocycles. The Morgan fingerprint density at radius 2 is 1.59 bits per heavy atom. The molecule has 0 atom stereocenters. The highest BCUT2D eigenvalue weighted by molar-refractivity contribution is 5.94. The van der Waals surface area contributed by atoms with Gasteiger partial charge in [-0.3, -0.25) is 0 Å². The summed E-state index contributed by atoms with van der Waals surface area (Å²) in [6, 6.07) is 18.5. The zero-order valence-corrected chi connectivity index (χ0v) is 23.3. The Morgan fingerprint density at radius 1 is 0.892 bits per heavy atom. The summed E-state index contributed by atoms with van der Waals surface area (Å²) in [6.45, 7) is 18.6. The van der Waals surface area contributed by atoms with Crippen molar-refractivity contribution in [2.45, 2.75) is 66.7 Å². The molecule has 4 rings (SSSR count). The standard InChI is InChI=1S/C37H40/c1-8-12-32-24-35-27(6)13-19-31(36(35)25-34(32)26(5)9-2)20-18-29-14-16-30(17-15-29)23-33(11-4)37(21-22-37)28(7)10-3/h8-9,12-17,19,24-25H,3-4,18,20-23H2,1-2,5-7H3. The molecule has 0 saturated heterocycles. The van der Waals surface area contributed by atoms with Gasteiger partial charge in [-0.1, -0.05) is 67.8 Å². The van der Waals surface area contributed by atoms with Crippen molar-refractivity contribution in [2.24, 2.45) is 5.41 Å². The Morgan fingerprint density at radius 3 is 2.19 bits per heavy atom. The second kappa shape index (κ2) is 11.2. The van der Waals surface area contributed by atoms with Crippen molar-refractivity contribution < 1.29 is 0 Å². The number of fused-ring (bicyclic) bond motifs is 1. The Balaban J connectivity index is 1.55. The molecule has 0 amide bonds. The second-order valence-corrected chi connectivity index (χ2v) is 10.5. The van der Waals surface area contributed by atoms with Crippen molar-refractivity contribution in [1.29, 1.82) is 0 Å². The number of rotatable bonds is 9. The molecular formula is C37H40. The van der Waals surface area contributed by atoms with Crippen molar-refractivity contribution in [1.82, 2.24) is 0 Å². The maximum Gasteiger partial charge on any atom is 0.0273 e. The van der Waals surface area contributed by atoms with E-state index in [1.54, 1.807) is 0 Å². The Bertz CT molecular complexity index is 1470. The molecule has 0 aliphatic heterocycles. The maximum absolute atomic E-state index is 4.00. The van der Waals surface area contributed by atoms with E-state index < -0.39 is 0 Å². The second-order valence-electron chi connectivity index (χ2n) is 10.5. The fourth-order valence-electron chi connectivity index (χ4n) is 5.55. The van der Waals surface area contributed by atoms with E-state index in [1.807, 2.05) is 0 Å². The molecule has 1 aliphatic rings. The Kier molecular flexibility index (Phi) is 8.04. The molecule has 0 radical (unpaired) electrons. The first kappa shape index (κ1) is 26.5. The molecule has 0 bridgehead atoms. The number of allylic oxidation sites excluding steroid dienone is 5. The molecule has 0 nitrogen and oxygen atoms in total. The largest absolute Gasteiger partial charge is 0.129 e. The summed E-state index contributed by atoms with van der Waals surface area (Å²) in [7, 11) is 0. The van der Waals surface area contributed by atoms with Gasteiger partial charge in [0.05, 0.1) is 0 Å². The first-order valence-corrected chi connectivity index (χ1v) is 13.5. The lowest BCUT2D eigenvalue weighted by Gasteiger charge is -2.18. The van der Waals surface area contributed by atoms with E-state index in [0.717, 1.165) is 32.1 Å². The summed E-state index contributed by atoms with van der Waals surface area (Å²) in [5.41, 5.74) is 18.4. The van der Waals surface area contributed by atoms with Gasteiger partial charge in [-0.05, 0) is 133 Å². The smallest absolute Gasteiger partial charge is 0.0273 e. The molecule has 37 heavy (non-hydrogen) atoms. The van der Waals surface area contributed by atoms with Crippen LogP contribution in [0.15, 0.2) is 96.4 Å². The topological polar surface area (TPSA) is 0 Å². The summed E-state index contributed by atoms with van der Waals surface area (Å²) in [5, 5.41) is 2.73. The third kappa shape index (κ3) is 5.42. The Hall–Kier alpha value is -3.56. The number of benzene rings is 3. The van der Waals surface area contributed by atoms with E-state index in [4.69, 9.17) is 0 Å². The van der Waals surface area contributed by atoms with E-state index >= 15 is 0 Å². The van der Waals surface area contributed by atoms with Gasteiger partial charge < -0.3 is 0 Å². The van der Waals surface area contributed by atoms with Gasteiger partial charge in [0.2, 0.25) is 0 Å². The molecule has 1 saturated carbocycles. The van der Waals surface area contributed by atoms with Crippen LogP contribution in [-0.4, -0.2) is 0 Å². The minimum atomic E-state index is 0.103. The predicted molar refractivity (Wildman–Crippen MR) is 163 cm³/mol. The van der Waals surface area contributed by atoms with E-state index in [9.17, 15) is 0 Å². The monoisotopic (exact) mass is 484 g/mol. The zero-order valence-electron chi connectivity index (χ0n) is 23.3. The fraction of sp³-hybridized carbons (Fsp3) is 0.297. The molecule has 0 N–H and O–H groups in total. The SMILES string of the molecule is C=C=C(C)C1(C(=C=C)Cc2ccc(CCc3ccc(C)c4cc(C=CC)c(C(C)=CC)cc34)cc2)CC1. The average molecular weight is 485 g/mol. The normalized spacial score (nSPS) is 14.5. The van der Waals surface area contributed by atoms with Crippen molar-refractivity contribution in [3.8, 4) is 0 Å². The molecule has 0 spiro atoms. The van der Waals surface area contributed by atoms with E-state index in [1.165, 1.54) is 60.9 Å². The van der Waals surface area contributed by atoms with Crippen LogP contribution in [0.5, 0.6) is 0 Å². The van der Waals surface area contributed by atoms with Crippen LogP contribution in [0.2, 0.25) is 0 Å². The predicted octanol–water partition coefficient (Wildman–Crippen LogP) is 10.2. The number of aryl methyl sites for hydroxylation is 3. The van der Waals surface area contributed by atoms with E-state index in [0.29, 0.717) is 0 Å². The lowest BCUT2D eigenvalue weighted by molar-refractivity contribution is 0.703. The minimum Gasteiger partial charge on any atom is -0.129 e. The van der Waals surface area contributed by atoms with E-state index in [-0.39, 0.29) is 5.41 Å². The Labute approximate surface area is 224 Å². The fourth-order valence-corrected chi connectivity index (χ4v) is 5.55. The van der Waals surface area contributed by atoms with Crippen molar-refractivity contribution in [3.05, 3.63) is 130 Å². The van der Waals surface area contributed by atoms with Gasteiger partial charge in [-0.15, -0.1) is 11.5 Å². The molecule has 1 fully saturated rings. The third-order valence-corrected chi connectivity index (χ3v) is 8.31. The lowest BCUT2D eigenvalue weighted by Crippen LogP contribution is -2.08. The molecule has 1 aliphatic carbocycles. The van der Waals surface area contributed by atoms with Crippen LogP contribution in [0.4, 0.5) is 0 Å². The van der Waals surface area contributed by atoms with Crippen LogP contribution in [0, 0.1) is 12.3 Å². The van der Waals surface area contributed by atoms with Gasteiger partial charge >= 0.3 is 0 Å². The molecule has 3 aromatic rings. The highest BCUT2D eigenvalue weighted by atomic mass is 14.5. The molecule has 0 unspecified atom stereocenters. The van der Waals surface area contributed by atoms with Gasteiger partial charge in [0.15, 0.2) is 0 Å². The lowest BCUT2D eigenvalue weighted by atomic mass is 9.85. The van der Waals surface area contributed by atoms with Crippen LogP contribution in [0.25, 0.3) is 22.4 Å². The quantitative estimate of drug-likeness (QED) is 0.265. The molecular weight excluding hydrogens is 444 g/mol.